The molecule has 0 aliphatic heterocycles. The van der Waals surface area contributed by atoms with Gasteiger partial charge >= 0.3 is 0 Å². The highest BCUT2D eigenvalue weighted by molar-refractivity contribution is 8.04. The van der Waals surface area contributed by atoms with Crippen LogP contribution >= 0.6 is 11.8 Å². The van der Waals surface area contributed by atoms with Crippen LogP contribution in [0.5, 0.6) is 0 Å². The first kappa shape index (κ1) is 14.0. The predicted octanol–water partition coefficient (Wildman–Crippen LogP) is 1.59. The van der Waals surface area contributed by atoms with Crippen molar-refractivity contribution in [1.29, 1.82) is 10.5 Å². The van der Waals surface area contributed by atoms with Crippen molar-refractivity contribution in [2.45, 2.75) is 25.5 Å². The van der Waals surface area contributed by atoms with Crippen molar-refractivity contribution < 1.29 is 4.79 Å². The van der Waals surface area contributed by atoms with Crippen molar-refractivity contribution in [3.05, 3.63) is 33.2 Å². The molecule has 0 amide bonds. The van der Waals surface area contributed by atoms with Crippen LogP contribution in [0.2, 0.25) is 0 Å². The van der Waals surface area contributed by atoms with Crippen molar-refractivity contribution in [1.82, 2.24) is 4.98 Å². The monoisotopic (exact) mass is 261 g/mol. The normalized spacial score (nSPS) is 11.3. The zero-order valence-electron chi connectivity index (χ0n) is 9.98. The molecule has 0 spiro atoms. The molecule has 0 saturated heterocycles. The third kappa shape index (κ3) is 2.79. The number of nitrogens with zero attached hydrogens (tertiary/aromatic N) is 2. The van der Waals surface area contributed by atoms with Crippen LogP contribution in [-0.4, -0.2) is 16.0 Å². The van der Waals surface area contributed by atoms with E-state index in [4.69, 9.17) is 10.5 Å². The number of thiocyanates is 1. The first-order valence-corrected chi connectivity index (χ1v) is 6.18. The maximum atomic E-state index is 12.1. The molecule has 1 rings (SSSR count). The van der Waals surface area contributed by atoms with E-state index in [9.17, 15) is 9.59 Å². The number of H-pyrrole nitrogens is 1. The van der Waals surface area contributed by atoms with Gasteiger partial charge in [0.1, 0.15) is 17.0 Å². The van der Waals surface area contributed by atoms with E-state index in [1.165, 1.54) is 6.07 Å². The summed E-state index contributed by atoms with van der Waals surface area (Å²) in [5.74, 6) is -0.258. The zero-order valence-corrected chi connectivity index (χ0v) is 10.8. The lowest BCUT2D eigenvalue weighted by atomic mass is 10.0. The third-order valence-corrected chi connectivity index (χ3v) is 3.13. The van der Waals surface area contributed by atoms with Gasteiger partial charge in [-0.3, -0.25) is 9.59 Å². The molecule has 0 fully saturated rings. The second kappa shape index (κ2) is 6.04. The van der Waals surface area contributed by atoms with Gasteiger partial charge in [0.05, 0.1) is 5.25 Å². The lowest BCUT2D eigenvalue weighted by molar-refractivity contribution is 0.0993. The standard InChI is InChI=1S/C12H11N3O2S/c1-3-10-9(11(16)7(2)18-6-14)4-8(5-13)12(17)15-10/h4,7H,3H2,1-2H3,(H,15,17). The number of nitrogens with one attached hydrogen (secondary N) is 1. The molecule has 1 aromatic rings. The minimum Gasteiger partial charge on any atom is -0.324 e. The lowest BCUT2D eigenvalue weighted by Gasteiger charge is -2.10. The molecule has 1 aromatic heterocycles. The van der Waals surface area contributed by atoms with Crippen LogP contribution in [0.4, 0.5) is 0 Å². The smallest absolute Gasteiger partial charge is 0.266 e. The molecule has 1 heterocycles. The van der Waals surface area contributed by atoms with Crippen molar-refractivity contribution in [3.8, 4) is 11.5 Å². The van der Waals surface area contributed by atoms with E-state index < -0.39 is 10.8 Å². The van der Waals surface area contributed by atoms with E-state index in [1.54, 1.807) is 19.9 Å². The highest BCUT2D eigenvalue weighted by atomic mass is 32.2. The SMILES string of the molecule is CCc1[nH]c(=O)c(C#N)cc1C(=O)C(C)SC#N. The third-order valence-electron chi connectivity index (χ3n) is 2.46. The number of hydrogen-bond acceptors (Lipinski definition) is 5. The number of rotatable bonds is 4. The van der Waals surface area contributed by atoms with Crippen LogP contribution in [0.3, 0.4) is 0 Å². The number of nitriles is 2. The van der Waals surface area contributed by atoms with Crippen LogP contribution in [0, 0.1) is 22.0 Å². The molecule has 0 aliphatic rings. The van der Waals surface area contributed by atoms with Gasteiger partial charge in [-0.1, -0.05) is 6.92 Å². The summed E-state index contributed by atoms with van der Waals surface area (Å²) in [6.45, 7) is 3.42. The quantitative estimate of drug-likeness (QED) is 0.655. The molecule has 0 radical (unpaired) electrons. The van der Waals surface area contributed by atoms with Gasteiger partial charge in [-0.05, 0) is 31.2 Å². The molecule has 0 bridgehead atoms. The lowest BCUT2D eigenvalue weighted by Crippen LogP contribution is -2.21. The largest absolute Gasteiger partial charge is 0.324 e. The van der Waals surface area contributed by atoms with Crippen LogP contribution < -0.4 is 5.56 Å². The Balaban J connectivity index is 3.32. The Labute approximate surface area is 108 Å². The topological polar surface area (TPSA) is 97.5 Å². The molecular formula is C12H11N3O2S. The number of ketones is 1. The van der Waals surface area contributed by atoms with E-state index in [2.05, 4.69) is 4.98 Å². The van der Waals surface area contributed by atoms with Crippen molar-refractivity contribution >= 4 is 17.5 Å². The summed E-state index contributed by atoms with van der Waals surface area (Å²) in [6.07, 6.45) is 0.478. The molecule has 6 heteroatoms. The molecule has 1 unspecified atom stereocenters. The van der Waals surface area contributed by atoms with Gasteiger partial charge in [-0.2, -0.15) is 10.5 Å². The number of aromatic amines is 1. The second-order valence-corrected chi connectivity index (χ2v) is 4.71. The van der Waals surface area contributed by atoms with Gasteiger partial charge in [-0.15, -0.1) is 0 Å². The van der Waals surface area contributed by atoms with Gasteiger partial charge in [-0.25, -0.2) is 0 Å². The molecule has 92 valence electrons. The molecular weight excluding hydrogens is 250 g/mol. The number of pyridine rings is 1. The zero-order chi connectivity index (χ0) is 13.7. The van der Waals surface area contributed by atoms with Crippen molar-refractivity contribution in [2.75, 3.05) is 0 Å². The highest BCUT2D eigenvalue weighted by Gasteiger charge is 2.20. The van der Waals surface area contributed by atoms with E-state index in [-0.39, 0.29) is 11.3 Å². The van der Waals surface area contributed by atoms with Gasteiger partial charge in [0.25, 0.3) is 5.56 Å². The number of carbonyl (C=O) groups is 1. The predicted molar refractivity (Wildman–Crippen MR) is 68.2 cm³/mol. The Morgan fingerprint density at radius 3 is 2.72 bits per heavy atom. The fourth-order valence-electron chi connectivity index (χ4n) is 1.50. The number of aryl methyl sites for hydroxylation is 1. The summed E-state index contributed by atoms with van der Waals surface area (Å²) in [6, 6.07) is 3.05. The number of hydrogen-bond donors (Lipinski definition) is 1. The summed E-state index contributed by atoms with van der Waals surface area (Å²) in [5.41, 5.74) is 0.217. The van der Waals surface area contributed by atoms with Crippen molar-refractivity contribution in [3.63, 3.8) is 0 Å². The minimum atomic E-state index is -0.530. The first-order chi connectivity index (χ1) is 8.54. The summed E-state index contributed by atoms with van der Waals surface area (Å²) in [7, 11) is 0. The molecule has 5 nitrogen and oxygen atoms in total. The highest BCUT2D eigenvalue weighted by Crippen LogP contribution is 2.17. The molecule has 18 heavy (non-hydrogen) atoms. The van der Waals surface area contributed by atoms with Gasteiger partial charge in [0, 0.05) is 11.3 Å². The Morgan fingerprint density at radius 2 is 2.22 bits per heavy atom. The maximum Gasteiger partial charge on any atom is 0.266 e. The van der Waals surface area contributed by atoms with Gasteiger partial charge in [0.2, 0.25) is 0 Å². The summed E-state index contributed by atoms with van der Waals surface area (Å²) in [5, 5.41) is 18.7. The number of Topliss-reactive ketones (excluding diaryl/α,β-unsaturated/α-hetero) is 1. The average Bonchev–Trinajstić information content (AvgIpc) is 2.37. The average molecular weight is 261 g/mol. The van der Waals surface area contributed by atoms with Crippen LogP contribution in [-0.2, 0) is 6.42 Å². The molecule has 0 aromatic carbocycles. The number of thioether (sulfide) groups is 1. The van der Waals surface area contributed by atoms with E-state index in [1.807, 2.05) is 5.40 Å². The Morgan fingerprint density at radius 1 is 1.56 bits per heavy atom. The van der Waals surface area contributed by atoms with E-state index in [0.717, 1.165) is 11.8 Å². The fourth-order valence-corrected chi connectivity index (χ4v) is 1.89. The molecule has 0 saturated carbocycles. The van der Waals surface area contributed by atoms with Crippen LogP contribution in [0.15, 0.2) is 10.9 Å². The summed E-state index contributed by atoms with van der Waals surface area (Å²) >= 11 is 0.852. The van der Waals surface area contributed by atoms with Gasteiger partial charge < -0.3 is 4.98 Å². The number of aromatic nitrogens is 1. The second-order valence-electron chi connectivity index (χ2n) is 3.59. The molecule has 0 aliphatic carbocycles. The van der Waals surface area contributed by atoms with E-state index in [0.29, 0.717) is 17.7 Å². The van der Waals surface area contributed by atoms with Crippen molar-refractivity contribution in [2.24, 2.45) is 0 Å². The Hall–Kier alpha value is -2.05. The molecule has 1 N–H and O–H groups in total. The number of carbonyl (C=O) groups excluding carboxylic acids is 1. The Kier molecular flexibility index (Phi) is 4.70. The first-order valence-electron chi connectivity index (χ1n) is 5.30. The summed E-state index contributed by atoms with van der Waals surface area (Å²) in [4.78, 5) is 26.1. The maximum absolute atomic E-state index is 12.1. The van der Waals surface area contributed by atoms with Crippen LogP contribution in [0.1, 0.15) is 35.5 Å². The minimum absolute atomic E-state index is 0.0929. The molecule has 1 atom stereocenters. The van der Waals surface area contributed by atoms with Gasteiger partial charge in [0.15, 0.2) is 5.78 Å². The summed E-state index contributed by atoms with van der Waals surface area (Å²) < 4.78 is 0. The van der Waals surface area contributed by atoms with Crippen LogP contribution in [0.25, 0.3) is 0 Å². The fraction of sp³-hybridized carbons (Fsp3) is 0.333. The van der Waals surface area contributed by atoms with E-state index >= 15 is 0 Å². The Bertz CT molecular complexity index is 607.